The van der Waals surface area contributed by atoms with E-state index in [0.717, 1.165) is 0 Å². The molecule has 1 aliphatic heterocycles. The molecular weight excluding hydrogens is 268 g/mol. The zero-order chi connectivity index (χ0) is 13.8. The molecule has 1 fully saturated rings. The summed E-state index contributed by atoms with van der Waals surface area (Å²) >= 11 is 5.50. The van der Waals surface area contributed by atoms with Crippen molar-refractivity contribution in [1.82, 2.24) is 9.80 Å². The zero-order valence-electron chi connectivity index (χ0n) is 10.4. The number of amides is 2. The van der Waals surface area contributed by atoms with E-state index in [1.165, 1.54) is 12.1 Å². The van der Waals surface area contributed by atoms with Crippen LogP contribution < -0.4 is 0 Å². The molecular formula is C13H15ClN2O3. The van der Waals surface area contributed by atoms with Gasteiger partial charge in [0.25, 0.3) is 5.91 Å². The topological polar surface area (TPSA) is 60.9 Å². The van der Waals surface area contributed by atoms with Crippen LogP contribution >= 0.6 is 11.6 Å². The third-order valence-corrected chi connectivity index (χ3v) is 3.36. The van der Waals surface area contributed by atoms with Crippen molar-refractivity contribution in [1.29, 1.82) is 0 Å². The average molecular weight is 283 g/mol. The third-order valence-electron chi connectivity index (χ3n) is 3.13. The number of phenolic OH excluding ortho intramolecular Hbond substituents is 1. The number of alkyl halides is 1. The van der Waals surface area contributed by atoms with Gasteiger partial charge < -0.3 is 14.9 Å². The Balaban J connectivity index is 1.98. The molecule has 2 amide bonds. The molecule has 1 aliphatic rings. The Morgan fingerprint density at radius 3 is 2.37 bits per heavy atom. The molecule has 0 unspecified atom stereocenters. The minimum atomic E-state index is -0.131. The summed E-state index contributed by atoms with van der Waals surface area (Å²) in [4.78, 5) is 26.9. The van der Waals surface area contributed by atoms with E-state index in [-0.39, 0.29) is 23.4 Å². The number of hydrogen-bond donors (Lipinski definition) is 1. The fourth-order valence-corrected chi connectivity index (χ4v) is 2.23. The Bertz CT molecular complexity index is 485. The number of phenols is 1. The lowest BCUT2D eigenvalue weighted by Crippen LogP contribution is -2.50. The third kappa shape index (κ3) is 3.17. The van der Waals surface area contributed by atoms with E-state index in [9.17, 15) is 14.7 Å². The SMILES string of the molecule is O=C(CCl)N1CCN(C(=O)c2cccc(O)c2)CC1. The summed E-state index contributed by atoms with van der Waals surface area (Å²) < 4.78 is 0. The molecule has 1 N–H and O–H groups in total. The summed E-state index contributed by atoms with van der Waals surface area (Å²) in [6, 6.07) is 6.26. The molecule has 1 aromatic rings. The number of halogens is 1. The molecule has 0 aliphatic carbocycles. The Kier molecular flexibility index (Phi) is 4.27. The number of hydrogen-bond acceptors (Lipinski definition) is 3. The van der Waals surface area contributed by atoms with Crippen molar-refractivity contribution < 1.29 is 14.7 Å². The second-order valence-electron chi connectivity index (χ2n) is 4.36. The second-order valence-corrected chi connectivity index (χ2v) is 4.62. The molecule has 0 aromatic heterocycles. The van der Waals surface area contributed by atoms with Gasteiger partial charge in [0.05, 0.1) is 0 Å². The van der Waals surface area contributed by atoms with E-state index in [2.05, 4.69) is 0 Å². The van der Waals surface area contributed by atoms with Crippen LogP contribution in [0.25, 0.3) is 0 Å². The lowest BCUT2D eigenvalue weighted by atomic mass is 10.1. The maximum absolute atomic E-state index is 12.2. The summed E-state index contributed by atoms with van der Waals surface area (Å²) in [7, 11) is 0. The molecule has 102 valence electrons. The maximum atomic E-state index is 12.2. The zero-order valence-corrected chi connectivity index (χ0v) is 11.1. The van der Waals surface area contributed by atoms with Gasteiger partial charge in [0, 0.05) is 31.7 Å². The smallest absolute Gasteiger partial charge is 0.254 e. The van der Waals surface area contributed by atoms with Gasteiger partial charge in [0.15, 0.2) is 0 Å². The minimum Gasteiger partial charge on any atom is -0.508 e. The van der Waals surface area contributed by atoms with Crippen molar-refractivity contribution in [3.8, 4) is 5.75 Å². The summed E-state index contributed by atoms with van der Waals surface area (Å²) in [6.45, 7) is 1.96. The number of benzene rings is 1. The van der Waals surface area contributed by atoms with Crippen molar-refractivity contribution in [2.24, 2.45) is 0 Å². The lowest BCUT2D eigenvalue weighted by Gasteiger charge is -2.34. The van der Waals surface area contributed by atoms with Gasteiger partial charge in [-0.05, 0) is 18.2 Å². The van der Waals surface area contributed by atoms with Gasteiger partial charge in [-0.2, -0.15) is 0 Å². The van der Waals surface area contributed by atoms with E-state index in [1.54, 1.807) is 21.9 Å². The standard InChI is InChI=1S/C13H15ClN2O3/c14-9-12(18)15-4-6-16(7-5-15)13(19)10-2-1-3-11(17)8-10/h1-3,8,17H,4-7,9H2. The second kappa shape index (κ2) is 5.93. The first-order valence-electron chi connectivity index (χ1n) is 6.04. The first kappa shape index (κ1) is 13.7. The van der Waals surface area contributed by atoms with Gasteiger partial charge in [-0.25, -0.2) is 0 Å². The van der Waals surface area contributed by atoms with E-state index >= 15 is 0 Å². The Hall–Kier alpha value is -1.75. The van der Waals surface area contributed by atoms with Gasteiger partial charge in [-0.3, -0.25) is 9.59 Å². The van der Waals surface area contributed by atoms with Crippen LogP contribution in [-0.2, 0) is 4.79 Å². The van der Waals surface area contributed by atoms with Crippen molar-refractivity contribution in [3.05, 3.63) is 29.8 Å². The van der Waals surface area contributed by atoms with Crippen LogP contribution in [0.4, 0.5) is 0 Å². The Morgan fingerprint density at radius 2 is 1.79 bits per heavy atom. The van der Waals surface area contributed by atoms with Crippen molar-refractivity contribution in [3.63, 3.8) is 0 Å². The van der Waals surface area contributed by atoms with E-state index < -0.39 is 0 Å². The molecule has 0 radical (unpaired) electrons. The molecule has 1 aromatic carbocycles. The van der Waals surface area contributed by atoms with Gasteiger partial charge in [-0.1, -0.05) is 6.07 Å². The van der Waals surface area contributed by atoms with Gasteiger partial charge in [0.2, 0.25) is 5.91 Å². The minimum absolute atomic E-state index is 0.0273. The fraction of sp³-hybridized carbons (Fsp3) is 0.385. The lowest BCUT2D eigenvalue weighted by molar-refractivity contribution is -0.129. The van der Waals surface area contributed by atoms with Crippen LogP contribution in [0, 0.1) is 0 Å². The predicted molar refractivity (Wildman–Crippen MR) is 71.3 cm³/mol. The largest absolute Gasteiger partial charge is 0.508 e. The molecule has 19 heavy (non-hydrogen) atoms. The molecule has 0 atom stereocenters. The van der Waals surface area contributed by atoms with Crippen LogP contribution in [-0.4, -0.2) is 58.8 Å². The van der Waals surface area contributed by atoms with E-state index in [4.69, 9.17) is 11.6 Å². The van der Waals surface area contributed by atoms with Crippen molar-refractivity contribution in [2.45, 2.75) is 0 Å². The van der Waals surface area contributed by atoms with Crippen LogP contribution in [0.2, 0.25) is 0 Å². The number of aromatic hydroxyl groups is 1. The summed E-state index contributed by atoms with van der Waals surface area (Å²) in [5.41, 5.74) is 0.456. The first-order valence-corrected chi connectivity index (χ1v) is 6.57. The normalized spacial score (nSPS) is 15.4. The number of rotatable bonds is 2. The maximum Gasteiger partial charge on any atom is 0.254 e. The van der Waals surface area contributed by atoms with Crippen molar-refractivity contribution in [2.75, 3.05) is 32.1 Å². The average Bonchev–Trinajstić information content (AvgIpc) is 2.46. The molecule has 6 heteroatoms. The highest BCUT2D eigenvalue weighted by Crippen LogP contribution is 2.14. The molecule has 0 bridgehead atoms. The fourth-order valence-electron chi connectivity index (χ4n) is 2.06. The molecule has 0 saturated carbocycles. The monoisotopic (exact) mass is 282 g/mol. The highest BCUT2D eigenvalue weighted by Gasteiger charge is 2.24. The molecule has 1 saturated heterocycles. The Labute approximate surface area is 116 Å². The van der Waals surface area contributed by atoms with E-state index in [0.29, 0.717) is 31.7 Å². The molecule has 2 rings (SSSR count). The highest BCUT2D eigenvalue weighted by atomic mass is 35.5. The van der Waals surface area contributed by atoms with Crippen LogP contribution in [0.3, 0.4) is 0 Å². The van der Waals surface area contributed by atoms with Crippen LogP contribution in [0.15, 0.2) is 24.3 Å². The Morgan fingerprint density at radius 1 is 1.16 bits per heavy atom. The number of piperazine rings is 1. The predicted octanol–water partition coefficient (Wildman–Crippen LogP) is 0.915. The summed E-state index contributed by atoms with van der Waals surface area (Å²) in [6.07, 6.45) is 0. The van der Waals surface area contributed by atoms with Gasteiger partial charge in [0.1, 0.15) is 11.6 Å². The van der Waals surface area contributed by atoms with Crippen LogP contribution in [0.5, 0.6) is 5.75 Å². The quantitative estimate of drug-likeness (QED) is 0.821. The summed E-state index contributed by atoms with van der Waals surface area (Å²) in [5, 5.41) is 9.37. The summed E-state index contributed by atoms with van der Waals surface area (Å²) in [5.74, 6) is -0.192. The number of carbonyl (C=O) groups excluding carboxylic acids is 2. The number of carbonyl (C=O) groups is 2. The van der Waals surface area contributed by atoms with Crippen LogP contribution in [0.1, 0.15) is 10.4 Å². The van der Waals surface area contributed by atoms with E-state index in [1.807, 2.05) is 0 Å². The van der Waals surface area contributed by atoms with Crippen molar-refractivity contribution >= 4 is 23.4 Å². The first-order chi connectivity index (χ1) is 9.11. The molecule has 0 spiro atoms. The molecule has 1 heterocycles. The van der Waals surface area contributed by atoms with Gasteiger partial charge in [-0.15, -0.1) is 11.6 Å². The molecule has 5 nitrogen and oxygen atoms in total. The highest BCUT2D eigenvalue weighted by molar-refractivity contribution is 6.27. The van der Waals surface area contributed by atoms with Gasteiger partial charge >= 0.3 is 0 Å². The number of nitrogens with zero attached hydrogens (tertiary/aromatic N) is 2.